The highest BCUT2D eigenvalue weighted by atomic mass is 32.2. The van der Waals surface area contributed by atoms with Crippen molar-refractivity contribution in [1.29, 1.82) is 0 Å². The van der Waals surface area contributed by atoms with E-state index in [1.807, 2.05) is 6.26 Å². The Morgan fingerprint density at radius 3 is 2.28 bits per heavy atom. The number of carboxylic acids is 1. The van der Waals surface area contributed by atoms with Crippen LogP contribution in [0.15, 0.2) is 0 Å². The van der Waals surface area contributed by atoms with Gasteiger partial charge in [-0.05, 0) is 50.5 Å². The van der Waals surface area contributed by atoms with Crippen LogP contribution in [0.2, 0.25) is 0 Å². The summed E-state index contributed by atoms with van der Waals surface area (Å²) in [7, 11) is 0. The van der Waals surface area contributed by atoms with Gasteiger partial charge in [-0.1, -0.05) is 0 Å². The average molecular weight is 529 g/mol. The van der Waals surface area contributed by atoms with E-state index in [0.717, 1.165) is 5.75 Å². The quantitative estimate of drug-likeness (QED) is 0.179. The van der Waals surface area contributed by atoms with Crippen molar-refractivity contribution in [2.75, 3.05) is 31.6 Å². The van der Waals surface area contributed by atoms with E-state index in [4.69, 9.17) is 16.6 Å². The summed E-state index contributed by atoms with van der Waals surface area (Å²) in [6.07, 6.45) is 4.17. The summed E-state index contributed by atoms with van der Waals surface area (Å²) in [5, 5.41) is 13.5. The standard InChI is InChI=1S/C22H36N6O7S/c1-36-11-8-13(23)21(34)28-10-3-5-16(28)22(35)27-9-2-4-15(27)20(33)26-14(6-7-17(24)29)19(32)25-12-18(30)31/h13-16H,2-12,23H2,1H3,(H2,24,29)(H,25,32)(H,26,33)(H,30,31)/t13-,14-,15-,16-/m0/s1. The Labute approximate surface area is 214 Å². The van der Waals surface area contributed by atoms with Gasteiger partial charge in [0.25, 0.3) is 0 Å². The first-order chi connectivity index (χ1) is 17.1. The van der Waals surface area contributed by atoms with Gasteiger partial charge in [0.2, 0.25) is 29.5 Å². The number of hydrogen-bond donors (Lipinski definition) is 5. The fourth-order valence-corrected chi connectivity index (χ4v) is 4.96. The smallest absolute Gasteiger partial charge is 0.322 e. The summed E-state index contributed by atoms with van der Waals surface area (Å²) in [5.74, 6) is -3.19. The van der Waals surface area contributed by atoms with Crippen LogP contribution < -0.4 is 22.1 Å². The predicted octanol–water partition coefficient (Wildman–Crippen LogP) is -2.00. The van der Waals surface area contributed by atoms with E-state index in [0.29, 0.717) is 45.2 Å². The Bertz CT molecular complexity index is 857. The lowest BCUT2D eigenvalue weighted by Gasteiger charge is -2.32. The molecule has 0 aromatic rings. The van der Waals surface area contributed by atoms with Gasteiger partial charge in [-0.2, -0.15) is 11.8 Å². The van der Waals surface area contributed by atoms with Crippen molar-refractivity contribution < 1.29 is 33.9 Å². The number of hydrogen-bond acceptors (Lipinski definition) is 8. The highest BCUT2D eigenvalue weighted by molar-refractivity contribution is 7.98. The van der Waals surface area contributed by atoms with Crippen LogP contribution in [0.4, 0.5) is 0 Å². The number of thioether (sulfide) groups is 1. The molecule has 0 aliphatic carbocycles. The first kappa shape index (κ1) is 29.4. The Hall–Kier alpha value is -2.87. The van der Waals surface area contributed by atoms with Crippen molar-refractivity contribution in [3.63, 3.8) is 0 Å². The van der Waals surface area contributed by atoms with Gasteiger partial charge in [-0.25, -0.2) is 0 Å². The topological polar surface area (TPSA) is 205 Å². The lowest BCUT2D eigenvalue weighted by molar-refractivity contribution is -0.147. The van der Waals surface area contributed by atoms with Crippen molar-refractivity contribution in [1.82, 2.24) is 20.4 Å². The van der Waals surface area contributed by atoms with Gasteiger partial charge in [0, 0.05) is 19.5 Å². The number of nitrogens with zero attached hydrogens (tertiary/aromatic N) is 2. The lowest BCUT2D eigenvalue weighted by atomic mass is 10.1. The minimum atomic E-state index is -1.26. The first-order valence-electron chi connectivity index (χ1n) is 12.0. The van der Waals surface area contributed by atoms with Crippen LogP contribution in [0.25, 0.3) is 0 Å². The fraction of sp³-hybridized carbons (Fsp3) is 0.727. The summed E-state index contributed by atoms with van der Waals surface area (Å²) in [6.45, 7) is 0.0947. The molecule has 2 aliphatic heterocycles. The number of aliphatic carboxylic acids is 1. The molecule has 0 aromatic carbocycles. The molecular formula is C22H36N6O7S. The molecule has 7 N–H and O–H groups in total. The highest BCUT2D eigenvalue weighted by Gasteiger charge is 2.43. The van der Waals surface area contributed by atoms with Gasteiger partial charge in [0.1, 0.15) is 24.7 Å². The number of carbonyl (C=O) groups is 6. The molecule has 2 saturated heterocycles. The van der Waals surface area contributed by atoms with Crippen molar-refractivity contribution in [3.8, 4) is 0 Å². The van der Waals surface area contributed by atoms with Gasteiger partial charge in [0.15, 0.2) is 0 Å². The number of rotatable bonds is 13. The Morgan fingerprint density at radius 2 is 1.67 bits per heavy atom. The molecule has 2 rings (SSSR count). The third-order valence-corrected chi connectivity index (χ3v) is 6.98. The van der Waals surface area contributed by atoms with Gasteiger partial charge in [-0.15, -0.1) is 0 Å². The average Bonchev–Trinajstić information content (AvgIpc) is 3.52. The molecule has 14 heteroatoms. The Balaban J connectivity index is 2.08. The van der Waals surface area contributed by atoms with Crippen molar-refractivity contribution >= 4 is 47.3 Å². The molecule has 0 bridgehead atoms. The SMILES string of the molecule is CSCC[C@H](N)C(=O)N1CCC[C@H]1C(=O)N1CCC[C@H]1C(=O)N[C@@H](CCC(N)=O)C(=O)NCC(=O)O. The highest BCUT2D eigenvalue weighted by Crippen LogP contribution is 2.26. The van der Waals surface area contributed by atoms with E-state index in [1.165, 1.54) is 9.80 Å². The van der Waals surface area contributed by atoms with Crippen LogP contribution in [0.5, 0.6) is 0 Å². The second-order valence-electron chi connectivity index (χ2n) is 8.94. The van der Waals surface area contributed by atoms with Gasteiger partial charge < -0.3 is 37.0 Å². The summed E-state index contributed by atoms with van der Waals surface area (Å²) >= 11 is 1.58. The number of nitrogens with one attached hydrogen (secondary N) is 2. The summed E-state index contributed by atoms with van der Waals surface area (Å²) in [6, 6.07) is -3.45. The number of primary amides is 1. The molecule has 5 amide bonds. The molecule has 202 valence electrons. The molecule has 2 aliphatic rings. The molecule has 0 radical (unpaired) electrons. The second kappa shape index (κ2) is 14.0. The molecule has 2 fully saturated rings. The maximum atomic E-state index is 13.4. The van der Waals surface area contributed by atoms with Crippen molar-refractivity contribution in [3.05, 3.63) is 0 Å². The van der Waals surface area contributed by atoms with Gasteiger partial charge >= 0.3 is 5.97 Å². The van der Waals surface area contributed by atoms with E-state index in [-0.39, 0.29) is 24.7 Å². The monoisotopic (exact) mass is 528 g/mol. The van der Waals surface area contributed by atoms with Crippen LogP contribution in [0.1, 0.15) is 44.9 Å². The maximum Gasteiger partial charge on any atom is 0.322 e. The van der Waals surface area contributed by atoms with Crippen LogP contribution in [-0.4, -0.2) is 106 Å². The zero-order valence-electron chi connectivity index (χ0n) is 20.4. The molecule has 0 saturated carbocycles. The fourth-order valence-electron chi connectivity index (χ4n) is 4.47. The Morgan fingerprint density at radius 1 is 1.03 bits per heavy atom. The minimum absolute atomic E-state index is 0.119. The molecule has 0 unspecified atom stereocenters. The van der Waals surface area contributed by atoms with E-state index in [1.54, 1.807) is 11.8 Å². The first-order valence-corrected chi connectivity index (χ1v) is 13.4. The number of amides is 5. The normalized spacial score (nSPS) is 21.1. The number of carboxylic acid groups (broad SMARTS) is 1. The third-order valence-electron chi connectivity index (χ3n) is 6.34. The van der Waals surface area contributed by atoms with Crippen molar-refractivity contribution in [2.45, 2.75) is 69.1 Å². The van der Waals surface area contributed by atoms with Crippen LogP contribution in [-0.2, 0) is 28.8 Å². The zero-order chi connectivity index (χ0) is 26.8. The predicted molar refractivity (Wildman–Crippen MR) is 131 cm³/mol. The van der Waals surface area contributed by atoms with E-state index in [9.17, 15) is 28.8 Å². The maximum absolute atomic E-state index is 13.4. The molecule has 0 spiro atoms. The van der Waals surface area contributed by atoms with Crippen LogP contribution in [0.3, 0.4) is 0 Å². The van der Waals surface area contributed by atoms with Crippen LogP contribution >= 0.6 is 11.8 Å². The molecule has 0 aromatic heterocycles. The lowest BCUT2D eigenvalue weighted by Crippen LogP contribution is -2.57. The van der Waals surface area contributed by atoms with E-state index < -0.39 is 54.4 Å². The van der Waals surface area contributed by atoms with E-state index in [2.05, 4.69) is 10.6 Å². The molecule has 4 atom stereocenters. The molecule has 36 heavy (non-hydrogen) atoms. The number of carbonyl (C=O) groups excluding carboxylic acids is 5. The van der Waals surface area contributed by atoms with Gasteiger partial charge in [-0.3, -0.25) is 28.8 Å². The third kappa shape index (κ3) is 8.08. The second-order valence-corrected chi connectivity index (χ2v) is 9.93. The summed E-state index contributed by atoms with van der Waals surface area (Å²) in [4.78, 5) is 76.7. The van der Waals surface area contributed by atoms with E-state index >= 15 is 0 Å². The van der Waals surface area contributed by atoms with Crippen molar-refractivity contribution in [2.24, 2.45) is 11.5 Å². The molecule has 2 heterocycles. The Kier molecular flexibility index (Phi) is 11.4. The molecule has 13 nitrogen and oxygen atoms in total. The van der Waals surface area contributed by atoms with Gasteiger partial charge in [0.05, 0.1) is 6.04 Å². The number of nitrogens with two attached hydrogens (primary N) is 2. The van der Waals surface area contributed by atoms with Crippen LogP contribution in [0, 0.1) is 0 Å². The minimum Gasteiger partial charge on any atom is -0.480 e. The summed E-state index contributed by atoms with van der Waals surface area (Å²) < 4.78 is 0. The zero-order valence-corrected chi connectivity index (χ0v) is 21.3. The largest absolute Gasteiger partial charge is 0.480 e. The summed E-state index contributed by atoms with van der Waals surface area (Å²) in [5.41, 5.74) is 11.2. The number of likely N-dealkylation sites (tertiary alicyclic amines) is 2. The molecular weight excluding hydrogens is 492 g/mol.